The van der Waals surface area contributed by atoms with E-state index in [-0.39, 0.29) is 0 Å². The molecule has 1 atom stereocenters. The van der Waals surface area contributed by atoms with Crippen LogP contribution in [0.15, 0.2) is 0 Å². The Morgan fingerprint density at radius 2 is 2.14 bits per heavy atom. The molecule has 14 heavy (non-hydrogen) atoms. The van der Waals surface area contributed by atoms with E-state index in [1.54, 1.807) is 0 Å². The van der Waals surface area contributed by atoms with Crippen LogP contribution < -0.4 is 5.32 Å². The second-order valence-electron chi connectivity index (χ2n) is 3.77. The lowest BCUT2D eigenvalue weighted by Crippen LogP contribution is -2.41. The van der Waals surface area contributed by atoms with E-state index in [4.69, 9.17) is 0 Å². The van der Waals surface area contributed by atoms with E-state index in [0.29, 0.717) is 11.8 Å². The monoisotopic (exact) mass is 219 g/mol. The molecule has 0 aromatic heterocycles. The topological polar surface area (TPSA) is 55.4 Å². The first-order valence-electron chi connectivity index (χ1n) is 5.18. The highest BCUT2D eigenvalue weighted by atomic mass is 32.2. The first kappa shape index (κ1) is 12.1. The average molecular weight is 219 g/mol. The zero-order valence-electron chi connectivity index (χ0n) is 8.70. The third-order valence-corrected chi connectivity index (χ3v) is 3.40. The fourth-order valence-electron chi connectivity index (χ4n) is 1.85. The summed E-state index contributed by atoms with van der Waals surface area (Å²) in [7, 11) is 2.00. The molecular formula is C9H19N2O2S-. The van der Waals surface area contributed by atoms with Gasteiger partial charge in [-0.2, -0.15) is 0 Å². The molecule has 1 aliphatic rings. The molecule has 1 saturated heterocycles. The Hall–Kier alpha value is 0.0300. The van der Waals surface area contributed by atoms with Crippen LogP contribution in [0.2, 0.25) is 0 Å². The van der Waals surface area contributed by atoms with Crippen LogP contribution in [0, 0.1) is 0 Å². The molecule has 4 nitrogen and oxygen atoms in total. The summed E-state index contributed by atoms with van der Waals surface area (Å²) < 4.78 is 20.6. The molecule has 0 amide bonds. The van der Waals surface area contributed by atoms with Gasteiger partial charge in [0.2, 0.25) is 0 Å². The number of nitrogens with zero attached hydrogens (tertiary/aromatic N) is 1. The summed E-state index contributed by atoms with van der Waals surface area (Å²) in [5.74, 6) is 0.298. The second-order valence-corrected chi connectivity index (χ2v) is 4.78. The minimum absolute atomic E-state index is 0.298. The minimum Gasteiger partial charge on any atom is -0.772 e. The van der Waals surface area contributed by atoms with E-state index >= 15 is 0 Å². The molecule has 1 heterocycles. The Morgan fingerprint density at radius 3 is 2.64 bits per heavy atom. The van der Waals surface area contributed by atoms with Crippen LogP contribution in [0.25, 0.3) is 0 Å². The van der Waals surface area contributed by atoms with E-state index in [1.807, 2.05) is 7.05 Å². The lowest BCUT2D eigenvalue weighted by atomic mass is 10.1. The minimum atomic E-state index is -1.87. The molecular weight excluding hydrogens is 200 g/mol. The number of nitrogens with one attached hydrogen (secondary N) is 1. The van der Waals surface area contributed by atoms with Gasteiger partial charge in [0.1, 0.15) is 0 Å². The van der Waals surface area contributed by atoms with Gasteiger partial charge in [-0.1, -0.05) is 11.1 Å². The Kier molecular flexibility index (Phi) is 5.62. The van der Waals surface area contributed by atoms with Gasteiger partial charge in [0.15, 0.2) is 0 Å². The Morgan fingerprint density at radius 1 is 1.50 bits per heavy atom. The van der Waals surface area contributed by atoms with Crippen LogP contribution in [0.1, 0.15) is 19.3 Å². The van der Waals surface area contributed by atoms with Gasteiger partial charge in [-0.15, -0.1) is 0 Å². The summed E-state index contributed by atoms with van der Waals surface area (Å²) in [5.41, 5.74) is 0. The average Bonchev–Trinajstić information content (AvgIpc) is 2.18. The second kappa shape index (κ2) is 6.50. The van der Waals surface area contributed by atoms with E-state index in [2.05, 4.69) is 10.2 Å². The molecule has 0 saturated carbocycles. The highest BCUT2D eigenvalue weighted by Gasteiger charge is 2.16. The predicted octanol–water partition coefficient (Wildman–Crippen LogP) is -0.0606. The fraction of sp³-hybridized carbons (Fsp3) is 1.00. The molecule has 5 heteroatoms. The summed E-state index contributed by atoms with van der Waals surface area (Å²) in [5, 5.41) is 3.27. The van der Waals surface area contributed by atoms with Gasteiger partial charge in [0, 0.05) is 11.8 Å². The predicted molar refractivity (Wildman–Crippen MR) is 56.9 cm³/mol. The van der Waals surface area contributed by atoms with Gasteiger partial charge in [-0.25, -0.2) is 0 Å². The summed E-state index contributed by atoms with van der Waals surface area (Å²) >= 11 is -1.87. The van der Waals surface area contributed by atoms with E-state index in [1.165, 1.54) is 12.8 Å². The Balaban J connectivity index is 2.07. The molecule has 1 fully saturated rings. The fourth-order valence-corrected chi connectivity index (χ4v) is 2.22. The van der Waals surface area contributed by atoms with Crippen molar-refractivity contribution in [2.45, 2.75) is 25.3 Å². The normalized spacial score (nSPS) is 22.4. The van der Waals surface area contributed by atoms with Crippen molar-refractivity contribution >= 4 is 11.1 Å². The van der Waals surface area contributed by atoms with Crippen molar-refractivity contribution in [3.05, 3.63) is 0 Å². The Labute approximate surface area is 88.3 Å². The number of hydrogen-bond acceptors (Lipinski definition) is 4. The summed E-state index contributed by atoms with van der Waals surface area (Å²) in [6, 6.07) is 0.653. The Bertz CT molecular complexity index is 182. The zero-order chi connectivity index (χ0) is 10.4. The van der Waals surface area contributed by atoms with Crippen molar-refractivity contribution in [3.63, 3.8) is 0 Å². The lowest BCUT2D eigenvalue weighted by Gasteiger charge is -2.31. The number of hydrogen-bond donors (Lipinski definition) is 1. The van der Waals surface area contributed by atoms with Gasteiger partial charge in [0.25, 0.3) is 0 Å². The van der Waals surface area contributed by atoms with Crippen molar-refractivity contribution in [1.82, 2.24) is 10.2 Å². The van der Waals surface area contributed by atoms with E-state index in [0.717, 1.165) is 26.1 Å². The van der Waals surface area contributed by atoms with Crippen molar-refractivity contribution in [1.29, 1.82) is 0 Å². The summed E-state index contributed by atoms with van der Waals surface area (Å²) in [6.45, 7) is 3.11. The van der Waals surface area contributed by atoms with Crippen LogP contribution in [-0.2, 0) is 11.1 Å². The smallest absolute Gasteiger partial charge is 0.0114 e. The van der Waals surface area contributed by atoms with Crippen LogP contribution >= 0.6 is 0 Å². The molecule has 0 spiro atoms. The summed E-state index contributed by atoms with van der Waals surface area (Å²) in [6.07, 6.45) is 3.12. The van der Waals surface area contributed by atoms with Crippen LogP contribution in [0.5, 0.6) is 0 Å². The third kappa shape index (κ3) is 4.50. The van der Waals surface area contributed by atoms with Crippen molar-refractivity contribution in [2.24, 2.45) is 0 Å². The maximum absolute atomic E-state index is 10.3. The maximum Gasteiger partial charge on any atom is 0.0114 e. The first-order valence-corrected chi connectivity index (χ1v) is 6.42. The van der Waals surface area contributed by atoms with Crippen molar-refractivity contribution < 1.29 is 8.76 Å². The zero-order valence-corrected chi connectivity index (χ0v) is 9.52. The number of likely N-dealkylation sites (tertiary alicyclic amines) is 1. The van der Waals surface area contributed by atoms with Crippen molar-refractivity contribution in [3.8, 4) is 0 Å². The van der Waals surface area contributed by atoms with Gasteiger partial charge in [-0.3, -0.25) is 4.21 Å². The van der Waals surface area contributed by atoms with Crippen LogP contribution in [0.3, 0.4) is 0 Å². The molecule has 84 valence electrons. The number of piperidine rings is 1. The van der Waals surface area contributed by atoms with Crippen molar-refractivity contribution in [2.75, 3.05) is 32.4 Å². The molecule has 0 aliphatic carbocycles. The van der Waals surface area contributed by atoms with Gasteiger partial charge >= 0.3 is 0 Å². The standard InChI is InChI=1S/C9H20N2O2S/c1-10-9-3-6-11(7-4-9)5-2-8-14(12)13/h9-10H,2-8H2,1H3,(H,12,13)/p-1. The quantitative estimate of drug-likeness (QED) is 0.658. The highest BCUT2D eigenvalue weighted by molar-refractivity contribution is 7.79. The third-order valence-electron chi connectivity index (χ3n) is 2.78. The van der Waals surface area contributed by atoms with Crippen LogP contribution in [0.4, 0.5) is 0 Å². The molecule has 0 radical (unpaired) electrons. The molecule has 1 N–H and O–H groups in total. The first-order chi connectivity index (χ1) is 6.72. The van der Waals surface area contributed by atoms with E-state index in [9.17, 15) is 8.76 Å². The highest BCUT2D eigenvalue weighted by Crippen LogP contribution is 2.09. The number of rotatable bonds is 5. The SMILES string of the molecule is CNC1CCN(CCCS(=O)[O-])CC1. The molecule has 1 rings (SSSR count). The summed E-state index contributed by atoms with van der Waals surface area (Å²) in [4.78, 5) is 2.35. The largest absolute Gasteiger partial charge is 0.772 e. The molecule has 0 aromatic rings. The van der Waals surface area contributed by atoms with Gasteiger partial charge in [0.05, 0.1) is 0 Å². The van der Waals surface area contributed by atoms with Gasteiger partial charge in [-0.05, 0) is 45.9 Å². The van der Waals surface area contributed by atoms with Crippen LogP contribution in [-0.4, -0.2) is 52.1 Å². The lowest BCUT2D eigenvalue weighted by molar-refractivity contribution is 0.202. The molecule has 1 unspecified atom stereocenters. The maximum atomic E-state index is 10.3. The molecule has 1 aliphatic heterocycles. The van der Waals surface area contributed by atoms with E-state index < -0.39 is 11.1 Å². The van der Waals surface area contributed by atoms with Gasteiger partial charge < -0.3 is 14.8 Å². The molecule has 0 aromatic carbocycles. The molecule has 0 bridgehead atoms.